The van der Waals surface area contributed by atoms with Gasteiger partial charge in [0.25, 0.3) is 0 Å². The molecule has 5 heterocycles. The first-order chi connectivity index (χ1) is 20.7. The number of nitrogens with zero attached hydrogens (tertiary/aromatic N) is 8. The van der Waals surface area contributed by atoms with Gasteiger partial charge in [0.1, 0.15) is 29.1 Å². The Kier molecular flexibility index (Phi) is 6.72. The molecule has 1 aromatic carbocycles. The lowest BCUT2D eigenvalue weighted by Crippen LogP contribution is -2.44. The van der Waals surface area contributed by atoms with Crippen molar-refractivity contribution in [3.05, 3.63) is 65.0 Å². The van der Waals surface area contributed by atoms with Gasteiger partial charge < -0.3 is 10.2 Å². The van der Waals surface area contributed by atoms with E-state index in [0.29, 0.717) is 21.4 Å². The van der Waals surface area contributed by atoms with Gasteiger partial charge in [0.2, 0.25) is 11.8 Å². The number of aromatic nitrogens is 7. The Morgan fingerprint density at radius 3 is 2.70 bits per heavy atom. The number of benzene rings is 1. The zero-order valence-electron chi connectivity index (χ0n) is 22.9. The Labute approximate surface area is 252 Å². The predicted octanol–water partition coefficient (Wildman–Crippen LogP) is 3.96. The summed E-state index contributed by atoms with van der Waals surface area (Å²) in [6.07, 6.45) is 7.29. The first-order valence-corrected chi connectivity index (χ1v) is 14.6. The van der Waals surface area contributed by atoms with E-state index >= 15 is 0 Å². The van der Waals surface area contributed by atoms with Gasteiger partial charge >= 0.3 is 0 Å². The van der Waals surface area contributed by atoms with Crippen molar-refractivity contribution in [3.8, 4) is 11.1 Å². The second-order valence-electron chi connectivity index (χ2n) is 10.9. The number of hydrogen-bond acceptors (Lipinski definition) is 8. The highest BCUT2D eigenvalue weighted by molar-refractivity contribution is 9.10. The van der Waals surface area contributed by atoms with Gasteiger partial charge in [-0.2, -0.15) is 10.2 Å². The monoisotopic (exact) mass is 645 g/mol. The van der Waals surface area contributed by atoms with E-state index in [0.717, 1.165) is 35.3 Å². The molecule has 14 heteroatoms. The van der Waals surface area contributed by atoms with Crippen molar-refractivity contribution in [3.63, 3.8) is 0 Å². The smallest absolute Gasteiger partial charge is 0.248 e. The molecule has 0 unspecified atom stereocenters. The van der Waals surface area contributed by atoms with Gasteiger partial charge in [0, 0.05) is 48.7 Å². The molecule has 0 spiro atoms. The molecular weight excluding hydrogens is 621 g/mol. The lowest BCUT2D eigenvalue weighted by atomic mass is 10.0. The number of nitrogens with one attached hydrogen (secondary N) is 1. The van der Waals surface area contributed by atoms with Gasteiger partial charge in [-0.05, 0) is 46.5 Å². The van der Waals surface area contributed by atoms with Crippen molar-refractivity contribution < 1.29 is 18.8 Å². The third kappa shape index (κ3) is 5.26. The SMILES string of the molecule is CC(=O)c1nn(CC(=O)N2C[C@H](F)C[C@H]2C(=O)Nc2cncc(Br)n2)c2ccc(-c3cnc4cc(C5CC5)nn4c3)cc12. The van der Waals surface area contributed by atoms with E-state index in [1.807, 2.05) is 24.4 Å². The lowest BCUT2D eigenvalue weighted by Gasteiger charge is -2.23. The van der Waals surface area contributed by atoms with E-state index in [1.54, 1.807) is 16.8 Å². The number of anilines is 1. The molecule has 5 aromatic rings. The average Bonchev–Trinajstić information content (AvgIpc) is 3.46. The van der Waals surface area contributed by atoms with Crippen LogP contribution in [-0.2, 0) is 16.1 Å². The number of carbonyl (C=O) groups excluding carboxylic acids is 3. The molecule has 1 aliphatic carbocycles. The molecule has 0 bridgehead atoms. The van der Waals surface area contributed by atoms with Crippen LogP contribution in [-0.4, -0.2) is 75.6 Å². The highest BCUT2D eigenvalue weighted by Crippen LogP contribution is 2.39. The fraction of sp³-hybridized carbons (Fsp3) is 0.310. The third-order valence-corrected chi connectivity index (χ3v) is 8.14. The Hall–Kier alpha value is -4.59. The largest absolute Gasteiger partial charge is 0.326 e. The van der Waals surface area contributed by atoms with Crippen molar-refractivity contribution >= 4 is 55.9 Å². The maximum absolute atomic E-state index is 14.5. The third-order valence-electron chi connectivity index (χ3n) is 7.76. The molecule has 1 aliphatic heterocycles. The number of carbonyl (C=O) groups is 3. The van der Waals surface area contributed by atoms with E-state index in [2.05, 4.69) is 46.4 Å². The maximum Gasteiger partial charge on any atom is 0.248 e. The number of Topliss-reactive ketones (excluding diaryl/α,β-unsaturated/α-hetero) is 1. The highest BCUT2D eigenvalue weighted by Gasteiger charge is 2.40. The number of ketones is 1. The van der Waals surface area contributed by atoms with Crippen LogP contribution in [0.15, 0.2) is 53.7 Å². The van der Waals surface area contributed by atoms with Gasteiger partial charge in [0.15, 0.2) is 17.2 Å². The summed E-state index contributed by atoms with van der Waals surface area (Å²) in [5.74, 6) is -0.633. The average molecular weight is 646 g/mol. The van der Waals surface area contributed by atoms with Crippen LogP contribution in [0.2, 0.25) is 0 Å². The summed E-state index contributed by atoms with van der Waals surface area (Å²) in [4.78, 5) is 52.9. The summed E-state index contributed by atoms with van der Waals surface area (Å²) in [6, 6.07) is 6.48. The van der Waals surface area contributed by atoms with Crippen molar-refractivity contribution in [2.24, 2.45) is 0 Å². The van der Waals surface area contributed by atoms with Gasteiger partial charge in [-0.1, -0.05) is 6.07 Å². The number of alkyl halides is 1. The van der Waals surface area contributed by atoms with Gasteiger partial charge in [-0.3, -0.25) is 24.0 Å². The number of hydrogen-bond donors (Lipinski definition) is 1. The zero-order valence-corrected chi connectivity index (χ0v) is 24.5. The number of rotatable bonds is 7. The second kappa shape index (κ2) is 10.6. The first-order valence-electron chi connectivity index (χ1n) is 13.8. The fourth-order valence-electron chi connectivity index (χ4n) is 5.50. The zero-order chi connectivity index (χ0) is 29.8. The van der Waals surface area contributed by atoms with E-state index < -0.39 is 24.0 Å². The van der Waals surface area contributed by atoms with Crippen LogP contribution in [0, 0.1) is 0 Å². The summed E-state index contributed by atoms with van der Waals surface area (Å²) in [5, 5.41) is 12.3. The summed E-state index contributed by atoms with van der Waals surface area (Å²) in [7, 11) is 0. The van der Waals surface area contributed by atoms with Crippen molar-refractivity contribution in [1.82, 2.24) is 39.2 Å². The summed E-state index contributed by atoms with van der Waals surface area (Å²) in [6.45, 7) is 0.910. The van der Waals surface area contributed by atoms with Crippen molar-refractivity contribution in [1.29, 1.82) is 0 Å². The topological polar surface area (TPSA) is 140 Å². The minimum atomic E-state index is -1.36. The van der Waals surface area contributed by atoms with Crippen LogP contribution in [0.1, 0.15) is 48.3 Å². The Balaban J connectivity index is 1.15. The van der Waals surface area contributed by atoms with Crippen LogP contribution in [0.4, 0.5) is 10.2 Å². The number of fused-ring (bicyclic) bond motifs is 2. The second-order valence-corrected chi connectivity index (χ2v) is 11.7. The molecule has 4 aromatic heterocycles. The van der Waals surface area contributed by atoms with E-state index in [-0.39, 0.29) is 36.8 Å². The minimum Gasteiger partial charge on any atom is -0.326 e. The molecule has 0 radical (unpaired) electrons. The molecule has 12 nitrogen and oxygen atoms in total. The summed E-state index contributed by atoms with van der Waals surface area (Å²) < 4.78 is 18.1. The molecular formula is C29H25BrFN9O3. The normalized spacial score (nSPS) is 18.4. The molecule has 1 saturated heterocycles. The van der Waals surface area contributed by atoms with Crippen molar-refractivity contribution in [2.75, 3.05) is 11.9 Å². The van der Waals surface area contributed by atoms with E-state index in [1.165, 1.54) is 28.9 Å². The lowest BCUT2D eigenvalue weighted by molar-refractivity contribution is -0.137. The molecule has 2 amide bonds. The van der Waals surface area contributed by atoms with Crippen LogP contribution in [0.5, 0.6) is 0 Å². The standard InChI is InChI=1S/C29H25BrFN9O3/c1-15(41)28-20-6-17(18-9-33-26-8-21(16-2-3-16)36-40(26)12-18)4-5-22(20)39(37-28)14-27(42)38-13-19(31)7-23(38)29(43)35-25-11-32-10-24(30)34-25/h4-6,8-12,16,19,23H,2-3,7,13-14H2,1H3,(H,34,35,43)/t19-,23+/m1/s1. The molecule has 2 aliphatic rings. The molecule has 2 atom stereocenters. The molecule has 2 fully saturated rings. The molecule has 43 heavy (non-hydrogen) atoms. The number of likely N-dealkylation sites (tertiary alicyclic amines) is 1. The highest BCUT2D eigenvalue weighted by atomic mass is 79.9. The number of amides is 2. The van der Waals surface area contributed by atoms with Gasteiger partial charge in [0.05, 0.1) is 30.1 Å². The van der Waals surface area contributed by atoms with E-state index in [4.69, 9.17) is 0 Å². The van der Waals surface area contributed by atoms with Crippen LogP contribution in [0.25, 0.3) is 27.7 Å². The summed E-state index contributed by atoms with van der Waals surface area (Å²) in [5.41, 5.74) is 4.22. The maximum atomic E-state index is 14.5. The Morgan fingerprint density at radius 2 is 1.93 bits per heavy atom. The summed E-state index contributed by atoms with van der Waals surface area (Å²) >= 11 is 3.19. The molecule has 7 rings (SSSR count). The number of halogens is 2. The molecule has 218 valence electrons. The quantitative estimate of drug-likeness (QED) is 0.262. The van der Waals surface area contributed by atoms with Crippen molar-refractivity contribution in [2.45, 2.75) is 50.9 Å². The minimum absolute atomic E-state index is 0.141. The fourth-order valence-corrected chi connectivity index (χ4v) is 5.81. The Morgan fingerprint density at radius 1 is 1.09 bits per heavy atom. The van der Waals surface area contributed by atoms with Crippen LogP contribution < -0.4 is 5.32 Å². The Bertz CT molecular complexity index is 1940. The van der Waals surface area contributed by atoms with E-state index in [9.17, 15) is 18.8 Å². The molecule has 1 N–H and O–H groups in total. The van der Waals surface area contributed by atoms with Crippen LogP contribution in [0.3, 0.4) is 0 Å². The van der Waals surface area contributed by atoms with Crippen LogP contribution >= 0.6 is 15.9 Å². The molecule has 1 saturated carbocycles. The van der Waals surface area contributed by atoms with Gasteiger partial charge in [-0.25, -0.2) is 18.9 Å². The van der Waals surface area contributed by atoms with Gasteiger partial charge in [-0.15, -0.1) is 0 Å². The predicted molar refractivity (Wildman–Crippen MR) is 157 cm³/mol. The first kappa shape index (κ1) is 27.3.